The Labute approximate surface area is 207 Å². The topological polar surface area (TPSA) is 74.2 Å². The molecule has 1 N–H and O–H groups in total. The van der Waals surface area contributed by atoms with Gasteiger partial charge in [-0.15, -0.1) is 5.10 Å². The minimum atomic E-state index is -0.00401. The summed E-state index contributed by atoms with van der Waals surface area (Å²) in [6.07, 6.45) is 2.45. The standard InChI is InChI=1S/C26H25BrN6O/c27-19-6-5-8-21(16-19)29-25(34)18-32-12-14-33(15-13-32)26-23-10-2-1-9-22(23)24(30-31-26)17-20-7-3-4-11-28-20/h1-11,16H,12-15,17-18H2,(H,29,34). The van der Waals surface area contributed by atoms with Gasteiger partial charge in [-0.05, 0) is 30.3 Å². The van der Waals surface area contributed by atoms with Gasteiger partial charge in [0.05, 0.1) is 12.2 Å². The third-order valence-electron chi connectivity index (χ3n) is 5.97. The van der Waals surface area contributed by atoms with E-state index in [-0.39, 0.29) is 5.91 Å². The average Bonchev–Trinajstić information content (AvgIpc) is 2.85. The maximum atomic E-state index is 12.5. The second-order valence-corrected chi connectivity index (χ2v) is 9.25. The molecular weight excluding hydrogens is 492 g/mol. The molecule has 2 aromatic carbocycles. The average molecular weight is 517 g/mol. The molecule has 1 fully saturated rings. The maximum Gasteiger partial charge on any atom is 0.238 e. The van der Waals surface area contributed by atoms with E-state index >= 15 is 0 Å². The maximum absolute atomic E-state index is 12.5. The number of halogens is 1. The van der Waals surface area contributed by atoms with E-state index in [4.69, 9.17) is 0 Å². The van der Waals surface area contributed by atoms with Crippen molar-refractivity contribution in [3.8, 4) is 0 Å². The molecule has 0 saturated carbocycles. The van der Waals surface area contributed by atoms with Gasteiger partial charge in [0.25, 0.3) is 0 Å². The van der Waals surface area contributed by atoms with Crippen LogP contribution in [0.5, 0.6) is 0 Å². The van der Waals surface area contributed by atoms with Crippen LogP contribution >= 0.6 is 15.9 Å². The molecule has 172 valence electrons. The van der Waals surface area contributed by atoms with Crippen molar-refractivity contribution in [3.63, 3.8) is 0 Å². The number of carbonyl (C=O) groups is 1. The lowest BCUT2D eigenvalue weighted by Crippen LogP contribution is -2.49. The van der Waals surface area contributed by atoms with Gasteiger partial charge in [-0.25, -0.2) is 0 Å². The molecule has 1 saturated heterocycles. The number of pyridine rings is 1. The summed E-state index contributed by atoms with van der Waals surface area (Å²) in [5, 5.41) is 14.4. The quantitative estimate of drug-likeness (QED) is 0.415. The zero-order chi connectivity index (χ0) is 23.3. The van der Waals surface area contributed by atoms with Crippen LogP contribution in [-0.2, 0) is 11.2 Å². The zero-order valence-corrected chi connectivity index (χ0v) is 20.3. The van der Waals surface area contributed by atoms with E-state index in [2.05, 4.69) is 58.4 Å². The fourth-order valence-corrected chi connectivity index (χ4v) is 4.67. The first kappa shape index (κ1) is 22.4. The highest BCUT2D eigenvalue weighted by molar-refractivity contribution is 9.10. The summed E-state index contributed by atoms with van der Waals surface area (Å²) in [5.74, 6) is 0.897. The van der Waals surface area contributed by atoms with Crippen molar-refractivity contribution in [2.24, 2.45) is 0 Å². The van der Waals surface area contributed by atoms with E-state index in [0.717, 1.165) is 64.3 Å². The van der Waals surface area contributed by atoms with Crippen LogP contribution in [0.25, 0.3) is 10.8 Å². The van der Waals surface area contributed by atoms with Gasteiger partial charge in [-0.1, -0.05) is 52.3 Å². The third-order valence-corrected chi connectivity index (χ3v) is 6.46. The Hall–Kier alpha value is -3.36. The lowest BCUT2D eigenvalue weighted by Gasteiger charge is -2.35. The number of piperazine rings is 1. The van der Waals surface area contributed by atoms with Crippen molar-refractivity contribution in [3.05, 3.63) is 88.8 Å². The minimum absolute atomic E-state index is 0.00401. The molecule has 1 aliphatic rings. The lowest BCUT2D eigenvalue weighted by molar-refractivity contribution is -0.117. The Morgan fingerprint density at radius 2 is 1.71 bits per heavy atom. The SMILES string of the molecule is O=C(CN1CCN(c2nnc(Cc3ccccn3)c3ccccc23)CC1)Nc1cccc(Br)c1. The Balaban J connectivity index is 1.25. The summed E-state index contributed by atoms with van der Waals surface area (Å²) in [4.78, 5) is 21.4. The molecule has 0 radical (unpaired) electrons. The molecule has 3 heterocycles. The predicted octanol–water partition coefficient (Wildman–Crippen LogP) is 4.14. The van der Waals surface area contributed by atoms with E-state index in [1.807, 2.05) is 54.6 Å². The summed E-state index contributed by atoms with van der Waals surface area (Å²) < 4.78 is 0.943. The van der Waals surface area contributed by atoms with Gasteiger partial charge in [0, 0.05) is 65.4 Å². The first-order valence-corrected chi connectivity index (χ1v) is 12.1. The van der Waals surface area contributed by atoms with Crippen molar-refractivity contribution >= 4 is 44.1 Å². The van der Waals surface area contributed by atoms with E-state index in [9.17, 15) is 4.79 Å². The summed E-state index contributed by atoms with van der Waals surface area (Å²) >= 11 is 3.44. The molecule has 8 heteroatoms. The van der Waals surface area contributed by atoms with Crippen LogP contribution in [0.2, 0.25) is 0 Å². The van der Waals surface area contributed by atoms with Gasteiger partial charge in [0.1, 0.15) is 0 Å². The first-order chi connectivity index (χ1) is 16.7. The molecule has 0 bridgehead atoms. The fraction of sp³-hybridized carbons (Fsp3) is 0.231. The van der Waals surface area contributed by atoms with E-state index in [1.54, 1.807) is 6.20 Å². The smallest absolute Gasteiger partial charge is 0.238 e. The third kappa shape index (κ3) is 5.24. The van der Waals surface area contributed by atoms with Gasteiger partial charge in [-0.2, -0.15) is 5.10 Å². The van der Waals surface area contributed by atoms with Gasteiger partial charge >= 0.3 is 0 Å². The highest BCUT2D eigenvalue weighted by atomic mass is 79.9. The Bertz CT molecular complexity index is 1290. The van der Waals surface area contributed by atoms with Crippen molar-refractivity contribution in [2.45, 2.75) is 6.42 Å². The highest BCUT2D eigenvalue weighted by Crippen LogP contribution is 2.27. The van der Waals surface area contributed by atoms with Crippen LogP contribution in [0, 0.1) is 0 Å². The number of rotatable bonds is 6. The largest absolute Gasteiger partial charge is 0.352 e. The van der Waals surface area contributed by atoms with Crippen LogP contribution in [0.3, 0.4) is 0 Å². The first-order valence-electron chi connectivity index (χ1n) is 11.3. The van der Waals surface area contributed by atoms with Crippen LogP contribution in [0.1, 0.15) is 11.4 Å². The molecule has 34 heavy (non-hydrogen) atoms. The Morgan fingerprint density at radius 3 is 2.47 bits per heavy atom. The number of benzene rings is 2. The molecule has 0 aliphatic carbocycles. The van der Waals surface area contributed by atoms with Crippen LogP contribution in [0.4, 0.5) is 11.5 Å². The number of amides is 1. The van der Waals surface area contributed by atoms with Crippen LogP contribution in [0.15, 0.2) is 77.4 Å². The van der Waals surface area contributed by atoms with Crippen molar-refractivity contribution < 1.29 is 4.79 Å². The zero-order valence-electron chi connectivity index (χ0n) is 18.7. The number of fused-ring (bicyclic) bond motifs is 1. The molecule has 1 amide bonds. The number of aromatic nitrogens is 3. The number of anilines is 2. The molecule has 4 aromatic rings. The number of nitrogens with one attached hydrogen (secondary N) is 1. The van der Waals surface area contributed by atoms with E-state index in [1.165, 1.54) is 0 Å². The summed E-state index contributed by atoms with van der Waals surface area (Å²) in [6.45, 7) is 3.54. The van der Waals surface area contributed by atoms with Gasteiger partial charge in [-0.3, -0.25) is 14.7 Å². The summed E-state index contributed by atoms with van der Waals surface area (Å²) in [6, 6.07) is 21.9. The van der Waals surface area contributed by atoms with E-state index in [0.29, 0.717) is 13.0 Å². The predicted molar refractivity (Wildman–Crippen MR) is 138 cm³/mol. The second-order valence-electron chi connectivity index (χ2n) is 8.34. The molecule has 2 aromatic heterocycles. The second kappa shape index (κ2) is 10.3. The summed E-state index contributed by atoms with van der Waals surface area (Å²) in [7, 11) is 0. The number of carbonyl (C=O) groups excluding carboxylic acids is 1. The molecule has 7 nitrogen and oxygen atoms in total. The van der Waals surface area contributed by atoms with Crippen molar-refractivity contribution in [2.75, 3.05) is 42.9 Å². The monoisotopic (exact) mass is 516 g/mol. The molecular formula is C26H25BrN6O. The van der Waals surface area contributed by atoms with E-state index < -0.39 is 0 Å². The molecule has 0 spiro atoms. The molecule has 0 unspecified atom stereocenters. The van der Waals surface area contributed by atoms with Gasteiger partial charge < -0.3 is 10.2 Å². The van der Waals surface area contributed by atoms with Crippen molar-refractivity contribution in [1.29, 1.82) is 0 Å². The summed E-state index contributed by atoms with van der Waals surface area (Å²) in [5.41, 5.74) is 2.70. The Kier molecular flexibility index (Phi) is 6.78. The van der Waals surface area contributed by atoms with Crippen molar-refractivity contribution in [1.82, 2.24) is 20.1 Å². The van der Waals surface area contributed by atoms with Crippen LogP contribution in [-0.4, -0.2) is 58.7 Å². The normalized spacial score (nSPS) is 14.3. The molecule has 5 rings (SSSR count). The number of nitrogens with zero attached hydrogens (tertiary/aromatic N) is 5. The van der Waals surface area contributed by atoms with Gasteiger partial charge in [0.2, 0.25) is 5.91 Å². The lowest BCUT2D eigenvalue weighted by atomic mass is 10.1. The number of hydrogen-bond acceptors (Lipinski definition) is 6. The number of hydrogen-bond donors (Lipinski definition) is 1. The van der Waals surface area contributed by atoms with Gasteiger partial charge in [0.15, 0.2) is 5.82 Å². The highest BCUT2D eigenvalue weighted by Gasteiger charge is 2.22. The molecule has 0 atom stereocenters. The Morgan fingerprint density at radius 1 is 0.912 bits per heavy atom. The molecule has 1 aliphatic heterocycles. The minimum Gasteiger partial charge on any atom is -0.352 e. The fourth-order valence-electron chi connectivity index (χ4n) is 4.27. The van der Waals surface area contributed by atoms with Crippen LogP contribution < -0.4 is 10.2 Å².